The SMILES string of the molecule is O[C@H](COC[C@H]1CNCCO1)c1ccccc1. The van der Waals surface area contributed by atoms with Crippen LogP contribution in [0, 0.1) is 0 Å². The van der Waals surface area contributed by atoms with Gasteiger partial charge in [0.2, 0.25) is 0 Å². The lowest BCUT2D eigenvalue weighted by molar-refractivity contribution is -0.0501. The number of nitrogens with one attached hydrogen (secondary N) is 1. The smallest absolute Gasteiger partial charge is 0.102 e. The Morgan fingerprint density at radius 1 is 1.41 bits per heavy atom. The molecule has 4 heteroatoms. The molecule has 0 spiro atoms. The monoisotopic (exact) mass is 237 g/mol. The zero-order valence-corrected chi connectivity index (χ0v) is 9.84. The average Bonchev–Trinajstić information content (AvgIpc) is 2.41. The maximum atomic E-state index is 9.87. The Hall–Kier alpha value is -0.940. The van der Waals surface area contributed by atoms with Crippen LogP contribution in [0.2, 0.25) is 0 Å². The van der Waals surface area contributed by atoms with Crippen molar-refractivity contribution in [3.63, 3.8) is 0 Å². The molecule has 2 atom stereocenters. The Morgan fingerprint density at radius 3 is 2.94 bits per heavy atom. The summed E-state index contributed by atoms with van der Waals surface area (Å²) < 4.78 is 11.0. The predicted molar refractivity (Wildman–Crippen MR) is 64.8 cm³/mol. The molecule has 1 fully saturated rings. The van der Waals surface area contributed by atoms with Gasteiger partial charge in [0.25, 0.3) is 0 Å². The van der Waals surface area contributed by atoms with Crippen molar-refractivity contribution in [2.75, 3.05) is 32.9 Å². The second-order valence-electron chi connectivity index (χ2n) is 4.16. The Morgan fingerprint density at radius 2 is 2.24 bits per heavy atom. The Labute approximate surface area is 102 Å². The largest absolute Gasteiger partial charge is 0.386 e. The fourth-order valence-electron chi connectivity index (χ4n) is 1.81. The van der Waals surface area contributed by atoms with Gasteiger partial charge < -0.3 is 19.9 Å². The fourth-order valence-corrected chi connectivity index (χ4v) is 1.81. The van der Waals surface area contributed by atoms with Crippen molar-refractivity contribution < 1.29 is 14.6 Å². The third-order valence-corrected chi connectivity index (χ3v) is 2.77. The molecule has 1 aliphatic heterocycles. The quantitative estimate of drug-likeness (QED) is 0.792. The molecule has 0 amide bonds. The zero-order valence-electron chi connectivity index (χ0n) is 9.84. The molecule has 2 rings (SSSR count). The highest BCUT2D eigenvalue weighted by molar-refractivity contribution is 5.17. The first-order chi connectivity index (χ1) is 8.36. The molecule has 1 heterocycles. The van der Waals surface area contributed by atoms with Gasteiger partial charge in [-0.2, -0.15) is 0 Å². The molecule has 4 nitrogen and oxygen atoms in total. The maximum absolute atomic E-state index is 9.87. The molecule has 0 saturated carbocycles. The molecule has 17 heavy (non-hydrogen) atoms. The topological polar surface area (TPSA) is 50.7 Å². The van der Waals surface area contributed by atoms with E-state index in [0.29, 0.717) is 13.2 Å². The van der Waals surface area contributed by atoms with Gasteiger partial charge in [-0.05, 0) is 5.56 Å². The van der Waals surface area contributed by atoms with E-state index in [1.807, 2.05) is 30.3 Å². The average molecular weight is 237 g/mol. The summed E-state index contributed by atoms with van der Waals surface area (Å²) >= 11 is 0. The number of hydrogen-bond acceptors (Lipinski definition) is 4. The number of rotatable bonds is 5. The maximum Gasteiger partial charge on any atom is 0.102 e. The van der Waals surface area contributed by atoms with Crippen molar-refractivity contribution >= 4 is 0 Å². The van der Waals surface area contributed by atoms with Crippen LogP contribution in [0.5, 0.6) is 0 Å². The second kappa shape index (κ2) is 6.71. The Kier molecular flexibility index (Phi) is 4.94. The minimum Gasteiger partial charge on any atom is -0.386 e. The summed E-state index contributed by atoms with van der Waals surface area (Å²) in [4.78, 5) is 0. The highest BCUT2D eigenvalue weighted by Crippen LogP contribution is 2.12. The molecular formula is C13H19NO3. The summed E-state index contributed by atoms with van der Waals surface area (Å²) in [6, 6.07) is 9.54. The van der Waals surface area contributed by atoms with Gasteiger partial charge in [-0.3, -0.25) is 0 Å². The van der Waals surface area contributed by atoms with Crippen molar-refractivity contribution in [2.24, 2.45) is 0 Å². The van der Waals surface area contributed by atoms with E-state index in [2.05, 4.69) is 5.32 Å². The van der Waals surface area contributed by atoms with Crippen LogP contribution in [0.1, 0.15) is 11.7 Å². The molecule has 0 bridgehead atoms. The van der Waals surface area contributed by atoms with Crippen LogP contribution in [0.4, 0.5) is 0 Å². The van der Waals surface area contributed by atoms with Crippen LogP contribution in [-0.4, -0.2) is 44.1 Å². The number of ether oxygens (including phenoxy) is 2. The first kappa shape index (κ1) is 12.5. The van der Waals surface area contributed by atoms with Crippen LogP contribution >= 0.6 is 0 Å². The molecule has 1 aromatic rings. The summed E-state index contributed by atoms with van der Waals surface area (Å²) in [5, 5.41) is 13.1. The molecule has 1 aliphatic rings. The van der Waals surface area contributed by atoms with E-state index in [0.717, 1.165) is 25.3 Å². The number of aliphatic hydroxyl groups excluding tert-OH is 1. The number of benzene rings is 1. The van der Waals surface area contributed by atoms with E-state index in [-0.39, 0.29) is 6.10 Å². The van der Waals surface area contributed by atoms with Gasteiger partial charge >= 0.3 is 0 Å². The minimum absolute atomic E-state index is 0.103. The molecule has 2 N–H and O–H groups in total. The van der Waals surface area contributed by atoms with Crippen molar-refractivity contribution in [1.82, 2.24) is 5.32 Å². The van der Waals surface area contributed by atoms with Crippen LogP contribution < -0.4 is 5.32 Å². The lowest BCUT2D eigenvalue weighted by atomic mass is 10.1. The molecule has 0 radical (unpaired) electrons. The molecule has 94 valence electrons. The van der Waals surface area contributed by atoms with Crippen molar-refractivity contribution in [2.45, 2.75) is 12.2 Å². The lowest BCUT2D eigenvalue weighted by Crippen LogP contribution is -2.41. The van der Waals surface area contributed by atoms with Gasteiger partial charge in [0.05, 0.1) is 25.9 Å². The van der Waals surface area contributed by atoms with E-state index < -0.39 is 6.10 Å². The van der Waals surface area contributed by atoms with Gasteiger partial charge in [-0.15, -0.1) is 0 Å². The molecule has 0 aliphatic carbocycles. The van der Waals surface area contributed by atoms with Gasteiger partial charge in [0, 0.05) is 13.1 Å². The van der Waals surface area contributed by atoms with Crippen molar-refractivity contribution in [1.29, 1.82) is 0 Å². The lowest BCUT2D eigenvalue weighted by Gasteiger charge is -2.23. The predicted octanol–water partition coefficient (Wildman–Crippen LogP) is 0.725. The number of aliphatic hydroxyl groups is 1. The highest BCUT2D eigenvalue weighted by atomic mass is 16.5. The zero-order chi connectivity index (χ0) is 11.9. The van der Waals surface area contributed by atoms with Crippen molar-refractivity contribution in [3.8, 4) is 0 Å². The summed E-state index contributed by atoms with van der Waals surface area (Å²) in [5.41, 5.74) is 0.884. The van der Waals surface area contributed by atoms with E-state index in [1.165, 1.54) is 0 Å². The molecular weight excluding hydrogens is 218 g/mol. The van der Waals surface area contributed by atoms with Gasteiger partial charge in [0.15, 0.2) is 0 Å². The molecule has 0 aromatic heterocycles. The van der Waals surface area contributed by atoms with Gasteiger partial charge in [-0.25, -0.2) is 0 Å². The van der Waals surface area contributed by atoms with Crippen LogP contribution in [0.25, 0.3) is 0 Å². The summed E-state index contributed by atoms with van der Waals surface area (Å²) in [6.45, 7) is 3.29. The van der Waals surface area contributed by atoms with E-state index >= 15 is 0 Å². The van der Waals surface area contributed by atoms with Crippen molar-refractivity contribution in [3.05, 3.63) is 35.9 Å². The normalized spacial score (nSPS) is 22.3. The summed E-state index contributed by atoms with van der Waals surface area (Å²) in [5.74, 6) is 0. The molecule has 0 unspecified atom stereocenters. The fraction of sp³-hybridized carbons (Fsp3) is 0.538. The third-order valence-electron chi connectivity index (χ3n) is 2.77. The van der Waals surface area contributed by atoms with Crippen LogP contribution in [0.3, 0.4) is 0 Å². The third kappa shape index (κ3) is 4.09. The second-order valence-corrected chi connectivity index (χ2v) is 4.16. The van der Waals surface area contributed by atoms with Gasteiger partial charge in [0.1, 0.15) is 6.10 Å². The summed E-state index contributed by atoms with van der Waals surface area (Å²) in [7, 11) is 0. The summed E-state index contributed by atoms with van der Waals surface area (Å²) in [6.07, 6.45) is -0.459. The Bertz CT molecular complexity index is 312. The highest BCUT2D eigenvalue weighted by Gasteiger charge is 2.14. The number of morpholine rings is 1. The van der Waals surface area contributed by atoms with E-state index in [9.17, 15) is 5.11 Å². The van der Waals surface area contributed by atoms with E-state index in [1.54, 1.807) is 0 Å². The molecule has 1 saturated heterocycles. The minimum atomic E-state index is -0.562. The standard InChI is InChI=1S/C13H19NO3/c15-13(11-4-2-1-3-5-11)10-16-9-12-8-14-6-7-17-12/h1-5,12-15H,6-10H2/t12-,13-/m1/s1. The van der Waals surface area contributed by atoms with Crippen LogP contribution in [-0.2, 0) is 9.47 Å². The number of hydrogen-bond donors (Lipinski definition) is 2. The Balaban J connectivity index is 1.67. The van der Waals surface area contributed by atoms with Gasteiger partial charge in [-0.1, -0.05) is 30.3 Å². The van der Waals surface area contributed by atoms with E-state index in [4.69, 9.17) is 9.47 Å². The van der Waals surface area contributed by atoms with Crippen LogP contribution in [0.15, 0.2) is 30.3 Å². The first-order valence-electron chi connectivity index (χ1n) is 5.99. The molecule has 1 aromatic carbocycles. The first-order valence-corrected chi connectivity index (χ1v) is 5.99.